The number of nitrogen functional groups attached to an aromatic ring is 1. The molecular weight excluding hydrogens is 232 g/mol. The maximum absolute atomic E-state index is 10.6. The molecule has 0 saturated carbocycles. The fraction of sp³-hybridized carbons (Fsp3) is 0. The molecule has 0 aliphatic carbocycles. The molecule has 0 aliphatic heterocycles. The fourth-order valence-electron chi connectivity index (χ4n) is 0.891. The zero-order valence-electron chi connectivity index (χ0n) is 6.60. The lowest BCUT2D eigenvalue weighted by Gasteiger charge is -2.10. The summed E-state index contributed by atoms with van der Waals surface area (Å²) in [5.41, 5.74) is 4.34. The number of benzene rings is 1. The van der Waals surface area contributed by atoms with Crippen LogP contribution in [0.2, 0.25) is 5.02 Å². The molecule has 1 aromatic carbocycles. The van der Waals surface area contributed by atoms with Crippen molar-refractivity contribution in [3.63, 3.8) is 0 Å². The highest BCUT2D eigenvalue weighted by molar-refractivity contribution is 7.79. The van der Waals surface area contributed by atoms with E-state index in [2.05, 4.69) is 0 Å². The van der Waals surface area contributed by atoms with Crippen LogP contribution < -0.4 is 5.73 Å². The van der Waals surface area contributed by atoms with E-state index in [1.165, 1.54) is 0 Å². The van der Waals surface area contributed by atoms with Crippen LogP contribution in [0.4, 0.5) is 11.4 Å². The Balaban J connectivity index is 3.49. The molecule has 8 heteroatoms. The minimum Gasteiger partial charge on any atom is -0.768 e. The third kappa shape index (κ3) is 1.84. The van der Waals surface area contributed by atoms with Gasteiger partial charge in [-0.3, -0.25) is 14.3 Å². The molecule has 0 fully saturated rings. The lowest BCUT2D eigenvalue weighted by Crippen LogP contribution is -2.02. The summed E-state index contributed by atoms with van der Waals surface area (Å²) in [7, 11) is 0. The first kappa shape index (κ1) is 10.9. The van der Waals surface area contributed by atoms with Crippen molar-refractivity contribution in [2.24, 2.45) is 0 Å². The van der Waals surface area contributed by atoms with E-state index in [0.717, 1.165) is 12.1 Å². The van der Waals surface area contributed by atoms with Crippen molar-refractivity contribution < 1.29 is 13.7 Å². The van der Waals surface area contributed by atoms with Crippen LogP contribution in [-0.4, -0.2) is 13.7 Å². The molecule has 1 rings (SSSR count). The monoisotopic (exact) mass is 235 g/mol. The number of nitro groups is 1. The number of rotatable bonds is 2. The number of halogens is 1. The Morgan fingerprint density at radius 1 is 1.50 bits per heavy atom. The first-order chi connectivity index (χ1) is 6.45. The zero-order chi connectivity index (χ0) is 10.9. The van der Waals surface area contributed by atoms with Crippen molar-refractivity contribution in [1.29, 1.82) is 0 Å². The van der Waals surface area contributed by atoms with Crippen LogP contribution in [0.5, 0.6) is 0 Å². The molecule has 6 nitrogen and oxygen atoms in total. The summed E-state index contributed by atoms with van der Waals surface area (Å²) in [4.78, 5) is 9.17. The van der Waals surface area contributed by atoms with Crippen LogP contribution in [0.1, 0.15) is 0 Å². The van der Waals surface area contributed by atoms with Gasteiger partial charge < -0.3 is 10.3 Å². The Kier molecular flexibility index (Phi) is 3.04. The molecule has 0 aliphatic rings. The van der Waals surface area contributed by atoms with Crippen LogP contribution >= 0.6 is 11.6 Å². The van der Waals surface area contributed by atoms with E-state index in [9.17, 15) is 18.9 Å². The standard InChI is InChI=1S/C6H5ClN2O4S/c7-3-1-2-4(9(10)11)5(8)6(3)14(12)13/h1-2H,8H2,(H,12,13)/p-1. The van der Waals surface area contributed by atoms with Gasteiger partial charge in [-0.2, -0.15) is 0 Å². The summed E-state index contributed by atoms with van der Waals surface area (Å²) in [5.74, 6) is 0. The molecule has 0 spiro atoms. The first-order valence-corrected chi connectivity index (χ1v) is 4.72. The van der Waals surface area contributed by atoms with Gasteiger partial charge in [0.15, 0.2) is 0 Å². The molecule has 2 N–H and O–H groups in total. The molecule has 0 heterocycles. The Bertz CT molecular complexity index is 423. The summed E-state index contributed by atoms with van der Waals surface area (Å²) in [6, 6.07) is 2.16. The number of hydrogen-bond acceptors (Lipinski definition) is 5. The largest absolute Gasteiger partial charge is 0.768 e. The van der Waals surface area contributed by atoms with Gasteiger partial charge >= 0.3 is 0 Å². The topological polar surface area (TPSA) is 109 Å². The highest BCUT2D eigenvalue weighted by Gasteiger charge is 2.17. The van der Waals surface area contributed by atoms with E-state index in [0.29, 0.717) is 0 Å². The van der Waals surface area contributed by atoms with Crippen molar-refractivity contribution in [3.05, 3.63) is 27.3 Å². The number of nitrogens with zero attached hydrogens (tertiary/aromatic N) is 1. The van der Waals surface area contributed by atoms with Crippen molar-refractivity contribution in [3.8, 4) is 0 Å². The van der Waals surface area contributed by atoms with E-state index in [-0.39, 0.29) is 5.02 Å². The van der Waals surface area contributed by atoms with Gasteiger partial charge in [-0.15, -0.1) is 0 Å². The van der Waals surface area contributed by atoms with Crippen LogP contribution in [0.15, 0.2) is 17.0 Å². The predicted octanol–water partition coefficient (Wildman–Crippen LogP) is 1.07. The molecule has 1 atom stereocenters. The number of nitrogens with two attached hydrogens (primary N) is 1. The number of anilines is 1. The third-order valence-corrected chi connectivity index (χ3v) is 2.69. The van der Waals surface area contributed by atoms with Gasteiger partial charge in [0.2, 0.25) is 0 Å². The van der Waals surface area contributed by atoms with Gasteiger partial charge in [-0.25, -0.2) is 0 Å². The summed E-state index contributed by atoms with van der Waals surface area (Å²) in [6.45, 7) is 0. The SMILES string of the molecule is Nc1c([N+](=O)[O-])ccc(Cl)c1S(=O)[O-]. The summed E-state index contributed by atoms with van der Waals surface area (Å²) in [5, 5.41) is 10.3. The molecule has 1 unspecified atom stereocenters. The number of hydrogen-bond donors (Lipinski definition) is 1. The molecule has 0 radical (unpaired) electrons. The first-order valence-electron chi connectivity index (χ1n) is 3.26. The summed E-state index contributed by atoms with van der Waals surface area (Å²) >= 11 is 2.82. The average molecular weight is 236 g/mol. The molecule has 1 aromatic rings. The fourth-order valence-corrected chi connectivity index (χ4v) is 1.76. The zero-order valence-corrected chi connectivity index (χ0v) is 8.17. The molecular formula is C6H4ClN2O4S-. The summed E-state index contributed by atoms with van der Waals surface area (Å²) < 4.78 is 21.3. The average Bonchev–Trinajstić information content (AvgIpc) is 2.02. The van der Waals surface area contributed by atoms with Crippen LogP contribution in [0.3, 0.4) is 0 Å². The van der Waals surface area contributed by atoms with Crippen molar-refractivity contribution in [2.75, 3.05) is 5.73 Å². The minimum atomic E-state index is -2.69. The molecule has 0 amide bonds. The maximum atomic E-state index is 10.6. The second kappa shape index (κ2) is 3.91. The third-order valence-electron chi connectivity index (χ3n) is 1.49. The van der Waals surface area contributed by atoms with Crippen LogP contribution in [0, 0.1) is 10.1 Å². The Morgan fingerprint density at radius 3 is 2.50 bits per heavy atom. The van der Waals surface area contributed by atoms with Gasteiger partial charge in [0.05, 0.1) is 14.8 Å². The van der Waals surface area contributed by atoms with Gasteiger partial charge in [0.25, 0.3) is 5.69 Å². The Morgan fingerprint density at radius 2 is 2.07 bits per heavy atom. The summed E-state index contributed by atoms with van der Waals surface area (Å²) in [6.07, 6.45) is 0. The van der Waals surface area contributed by atoms with E-state index in [1.807, 2.05) is 0 Å². The smallest absolute Gasteiger partial charge is 0.293 e. The highest BCUT2D eigenvalue weighted by atomic mass is 35.5. The number of nitro benzene ring substituents is 1. The molecule has 0 bridgehead atoms. The maximum Gasteiger partial charge on any atom is 0.293 e. The molecule has 0 aromatic heterocycles. The van der Waals surface area contributed by atoms with E-state index in [1.54, 1.807) is 0 Å². The molecule has 14 heavy (non-hydrogen) atoms. The molecule has 76 valence electrons. The van der Waals surface area contributed by atoms with Crippen LogP contribution in [0.25, 0.3) is 0 Å². The van der Waals surface area contributed by atoms with Crippen molar-refractivity contribution in [2.45, 2.75) is 4.90 Å². The normalized spacial score (nSPS) is 12.4. The van der Waals surface area contributed by atoms with Gasteiger partial charge in [-0.05, 0) is 17.1 Å². The second-order valence-electron chi connectivity index (χ2n) is 2.30. The van der Waals surface area contributed by atoms with Crippen molar-refractivity contribution in [1.82, 2.24) is 0 Å². The lowest BCUT2D eigenvalue weighted by atomic mass is 10.3. The van der Waals surface area contributed by atoms with Crippen LogP contribution in [-0.2, 0) is 11.1 Å². The minimum absolute atomic E-state index is 0.138. The quantitative estimate of drug-likeness (QED) is 0.357. The molecule has 0 saturated heterocycles. The van der Waals surface area contributed by atoms with Gasteiger partial charge in [-0.1, -0.05) is 11.6 Å². The Hall–Kier alpha value is -1.18. The lowest BCUT2D eigenvalue weighted by molar-refractivity contribution is -0.384. The predicted molar refractivity (Wildman–Crippen MR) is 49.7 cm³/mol. The highest BCUT2D eigenvalue weighted by Crippen LogP contribution is 2.32. The van der Waals surface area contributed by atoms with E-state index >= 15 is 0 Å². The van der Waals surface area contributed by atoms with Gasteiger partial charge in [0.1, 0.15) is 5.69 Å². The van der Waals surface area contributed by atoms with E-state index < -0.39 is 32.3 Å². The van der Waals surface area contributed by atoms with Gasteiger partial charge in [0, 0.05) is 6.07 Å². The Labute approximate surface area is 86.1 Å². The van der Waals surface area contributed by atoms with Crippen molar-refractivity contribution >= 4 is 34.1 Å². The van der Waals surface area contributed by atoms with E-state index in [4.69, 9.17) is 17.3 Å². The second-order valence-corrected chi connectivity index (χ2v) is 3.59.